The average molecular weight is 852 g/mol. The van der Waals surface area contributed by atoms with Crippen molar-refractivity contribution in [2.45, 2.75) is 78.2 Å². The normalized spacial score (nSPS) is 21.7. The zero-order valence-corrected chi connectivity index (χ0v) is 31.9. The first-order chi connectivity index (χ1) is 25.0. The maximum absolute atomic E-state index is 13.7. The van der Waals surface area contributed by atoms with Crippen LogP contribution >= 0.6 is 23.5 Å². The second kappa shape index (κ2) is 23.2. The number of esters is 6. The van der Waals surface area contributed by atoms with E-state index in [2.05, 4.69) is 28.4 Å². The topological polar surface area (TPSA) is 353 Å². The average Bonchev–Trinajstić information content (AvgIpc) is 3.03. The van der Waals surface area contributed by atoms with Crippen LogP contribution in [0.15, 0.2) is 0 Å². The van der Waals surface area contributed by atoms with Crippen molar-refractivity contribution >= 4 is 59.3 Å². The van der Waals surface area contributed by atoms with Crippen LogP contribution in [-0.2, 0) is 112 Å². The molecule has 0 aromatic rings. The zero-order chi connectivity index (χ0) is 41.3. The first-order valence-electron chi connectivity index (χ1n) is 14.6. The molecule has 0 aromatic heterocycles. The smallest absolute Gasteiger partial charge is 0.438 e. The summed E-state index contributed by atoms with van der Waals surface area (Å²) in [4.78, 5) is 67.7. The Morgan fingerprint density at radius 1 is 0.370 bits per heavy atom. The van der Waals surface area contributed by atoms with E-state index in [1.54, 1.807) is 0 Å². The minimum Gasteiger partial charge on any atom is -0.438 e. The van der Waals surface area contributed by atoms with E-state index in [1.165, 1.54) is 0 Å². The molecule has 1 aliphatic carbocycles. The molecule has 0 saturated heterocycles. The summed E-state index contributed by atoms with van der Waals surface area (Å²) in [5.74, 6) is -5.92. The Morgan fingerprint density at radius 3 is 0.778 bits per heavy atom. The van der Waals surface area contributed by atoms with Crippen molar-refractivity contribution in [2.75, 3.05) is 40.8 Å². The Labute approximate surface area is 305 Å². The van der Waals surface area contributed by atoms with Crippen LogP contribution in [0.3, 0.4) is 0 Å². The van der Waals surface area contributed by atoms with E-state index in [4.69, 9.17) is 40.7 Å². The van der Waals surface area contributed by atoms with Gasteiger partial charge in [0.2, 0.25) is 40.8 Å². The molecular formula is C24H39O27P3. The van der Waals surface area contributed by atoms with E-state index >= 15 is 0 Å². The van der Waals surface area contributed by atoms with E-state index in [0.29, 0.717) is 0 Å². The lowest BCUT2D eigenvalue weighted by atomic mass is 9.85. The van der Waals surface area contributed by atoms with Crippen LogP contribution in [0, 0.1) is 0 Å². The molecule has 0 radical (unpaired) electrons. The minimum atomic E-state index is -5.39. The SMILES string of the molecule is CC(=O)OCOP(=O)(OCOC(C)=O)O[C@@H]1[C@H](O)[C@H](O)[C@@H](OP(=O)(OCOC(C)=O)OCOC(C)=O)[C@H](OP(=O)(OCOC(C)=O)OCOC(C)=O)[C@H]1O. The van der Waals surface area contributed by atoms with Crippen LogP contribution in [0.5, 0.6) is 0 Å². The molecular weight excluding hydrogens is 813 g/mol. The molecule has 27 nitrogen and oxygen atoms in total. The summed E-state index contributed by atoms with van der Waals surface area (Å²) in [6.45, 7) is -1.74. The van der Waals surface area contributed by atoms with Crippen LogP contribution < -0.4 is 0 Å². The lowest BCUT2D eigenvalue weighted by Crippen LogP contribution is -2.65. The molecule has 6 atom stereocenters. The largest absolute Gasteiger partial charge is 0.481 e. The first-order valence-corrected chi connectivity index (χ1v) is 19.0. The Hall–Kier alpha value is -2.97. The van der Waals surface area contributed by atoms with Gasteiger partial charge >= 0.3 is 59.3 Å². The first kappa shape index (κ1) is 49.0. The second-order valence-electron chi connectivity index (χ2n) is 9.82. The molecule has 0 heterocycles. The van der Waals surface area contributed by atoms with Crippen LogP contribution in [0.25, 0.3) is 0 Å². The van der Waals surface area contributed by atoms with Crippen molar-refractivity contribution in [3.05, 3.63) is 0 Å². The van der Waals surface area contributed by atoms with Gasteiger partial charge in [-0.2, -0.15) is 0 Å². The Balaban J connectivity index is 3.76. The molecule has 3 N–H and O–H groups in total. The second-order valence-corrected chi connectivity index (χ2v) is 14.7. The third kappa shape index (κ3) is 18.6. The molecule has 54 heavy (non-hydrogen) atoms. The zero-order valence-electron chi connectivity index (χ0n) is 29.2. The van der Waals surface area contributed by atoms with Crippen LogP contribution in [0.2, 0.25) is 0 Å². The molecule has 0 aliphatic heterocycles. The molecule has 1 aliphatic rings. The van der Waals surface area contributed by atoms with Crippen molar-refractivity contribution in [3.63, 3.8) is 0 Å². The number of aliphatic hydroxyl groups is 3. The highest BCUT2D eigenvalue weighted by Gasteiger charge is 2.58. The third-order valence-corrected chi connectivity index (χ3v) is 9.65. The highest BCUT2D eigenvalue weighted by molar-refractivity contribution is 7.49. The van der Waals surface area contributed by atoms with E-state index in [9.17, 15) is 57.8 Å². The van der Waals surface area contributed by atoms with E-state index in [0.717, 1.165) is 41.5 Å². The summed E-state index contributed by atoms with van der Waals surface area (Å²) in [6.07, 6.45) is -15.5. The van der Waals surface area contributed by atoms with Gasteiger partial charge in [0, 0.05) is 41.5 Å². The van der Waals surface area contributed by atoms with Gasteiger partial charge in [-0.05, 0) is 0 Å². The number of carbonyl (C=O) groups is 6. The fourth-order valence-electron chi connectivity index (χ4n) is 3.32. The fourth-order valence-corrected chi connectivity index (χ4v) is 6.63. The molecule has 0 aromatic carbocycles. The predicted octanol–water partition coefficient (Wildman–Crippen LogP) is -0.214. The van der Waals surface area contributed by atoms with Gasteiger partial charge in [-0.25, -0.2) is 40.8 Å². The lowest BCUT2D eigenvalue weighted by Gasteiger charge is -2.45. The number of rotatable bonds is 24. The number of phosphoric ester groups is 3. The molecule has 312 valence electrons. The van der Waals surface area contributed by atoms with Gasteiger partial charge in [-0.15, -0.1) is 0 Å². The molecule has 0 spiro atoms. The van der Waals surface area contributed by atoms with Gasteiger partial charge in [0.25, 0.3) is 0 Å². The number of phosphoric acid groups is 3. The summed E-state index contributed by atoms with van der Waals surface area (Å²) in [5, 5.41) is 33.7. The van der Waals surface area contributed by atoms with Gasteiger partial charge in [-0.3, -0.25) is 42.3 Å². The van der Waals surface area contributed by atoms with E-state index < -0.39 is 137 Å². The van der Waals surface area contributed by atoms with Gasteiger partial charge in [0.15, 0.2) is 0 Å². The Morgan fingerprint density at radius 2 is 0.556 bits per heavy atom. The Kier molecular flexibility index (Phi) is 21.1. The highest BCUT2D eigenvalue weighted by Crippen LogP contribution is 2.58. The summed E-state index contributed by atoms with van der Waals surface area (Å²) in [6, 6.07) is 0. The Bertz CT molecular complexity index is 1360. The summed E-state index contributed by atoms with van der Waals surface area (Å²) in [7, 11) is -16.0. The van der Waals surface area contributed by atoms with Crippen molar-refractivity contribution < 1.29 is 127 Å². The van der Waals surface area contributed by atoms with Crippen molar-refractivity contribution in [2.24, 2.45) is 0 Å². The van der Waals surface area contributed by atoms with E-state index in [1.807, 2.05) is 0 Å². The molecule has 0 bridgehead atoms. The molecule has 0 amide bonds. The van der Waals surface area contributed by atoms with Gasteiger partial charge < -0.3 is 43.7 Å². The monoisotopic (exact) mass is 852 g/mol. The minimum absolute atomic E-state index is 0.901. The van der Waals surface area contributed by atoms with E-state index in [-0.39, 0.29) is 0 Å². The lowest BCUT2D eigenvalue weighted by molar-refractivity contribution is -0.220. The molecule has 1 rings (SSSR count). The van der Waals surface area contributed by atoms with Crippen molar-refractivity contribution in [1.82, 2.24) is 0 Å². The highest BCUT2D eigenvalue weighted by atomic mass is 31.2. The summed E-state index contributed by atoms with van der Waals surface area (Å²) < 4.78 is 113. The van der Waals surface area contributed by atoms with Crippen LogP contribution in [-0.4, -0.2) is 129 Å². The number of ether oxygens (including phenoxy) is 6. The predicted molar refractivity (Wildman–Crippen MR) is 162 cm³/mol. The van der Waals surface area contributed by atoms with Gasteiger partial charge in [0.1, 0.15) is 36.6 Å². The number of hydrogen-bond donors (Lipinski definition) is 3. The van der Waals surface area contributed by atoms with Gasteiger partial charge in [-0.1, -0.05) is 0 Å². The molecule has 1 saturated carbocycles. The third-order valence-electron chi connectivity index (χ3n) is 5.61. The van der Waals surface area contributed by atoms with Crippen molar-refractivity contribution in [1.29, 1.82) is 0 Å². The standard InChI is InChI=1S/C24H39O27P3/c1-13(25)37-7-43-52(34,44-8-38-14(2)26)49-22-19(31)20(32)23(50-53(35,45-9-39-15(3)27)46-10-40-16(4)28)24(21(22)33)51-54(36,47-11-41-17(5)29)48-12-42-18(6)30/h19-24,31-33H,7-12H2,1-6H3/t19-,20+,21+,22-,23-,24-/m1/s1. The number of carbonyl (C=O) groups excluding carboxylic acids is 6. The number of aliphatic hydroxyl groups excluding tert-OH is 3. The fraction of sp³-hybridized carbons (Fsp3) is 0.750. The number of hydrogen-bond acceptors (Lipinski definition) is 27. The summed E-state index contributed by atoms with van der Waals surface area (Å²) >= 11 is 0. The maximum atomic E-state index is 13.7. The van der Waals surface area contributed by atoms with Crippen LogP contribution in [0.1, 0.15) is 41.5 Å². The quantitative estimate of drug-likeness (QED) is 0.0489. The maximum Gasteiger partial charge on any atom is 0.481 e. The van der Waals surface area contributed by atoms with Crippen molar-refractivity contribution in [3.8, 4) is 0 Å². The molecule has 0 unspecified atom stereocenters. The summed E-state index contributed by atoms with van der Waals surface area (Å²) in [5.41, 5.74) is 0. The molecule has 30 heteroatoms. The van der Waals surface area contributed by atoms with Crippen LogP contribution in [0.4, 0.5) is 0 Å². The molecule has 1 fully saturated rings. The van der Waals surface area contributed by atoms with Gasteiger partial charge in [0.05, 0.1) is 0 Å².